The minimum atomic E-state index is -0.802. The smallest absolute Gasteiger partial charge is 0.322 e. The summed E-state index contributed by atoms with van der Waals surface area (Å²) in [6.45, 7) is 0.537. The minimum Gasteiger partial charge on any atom is -0.389 e. The van der Waals surface area contributed by atoms with E-state index in [0.29, 0.717) is 24.1 Å². The number of benzene rings is 2. The summed E-state index contributed by atoms with van der Waals surface area (Å²) in [7, 11) is 0. The normalized spacial score (nSPS) is 24.9. The number of aliphatic hydroxyl groups is 1. The van der Waals surface area contributed by atoms with Crippen LogP contribution in [-0.4, -0.2) is 66.1 Å². The van der Waals surface area contributed by atoms with E-state index in [4.69, 9.17) is 9.47 Å². The Morgan fingerprint density at radius 2 is 1.82 bits per heavy atom. The average Bonchev–Trinajstić information content (AvgIpc) is 2.82. The number of fused-ring (bicyclic) bond motifs is 1. The summed E-state index contributed by atoms with van der Waals surface area (Å²) in [6.07, 6.45) is -0.255. The van der Waals surface area contributed by atoms with Crippen LogP contribution in [0.25, 0.3) is 0 Å². The van der Waals surface area contributed by atoms with E-state index in [1.165, 1.54) is 6.07 Å². The van der Waals surface area contributed by atoms with E-state index in [9.17, 15) is 19.1 Å². The SMILES string of the molecule is O=C(C[C@H]1CC[C@@H]2[C@H](COC[C@H](O)CN2C(=O)Nc2ccccc2)O1)NCc1ccccc1F. The van der Waals surface area contributed by atoms with Gasteiger partial charge in [0, 0.05) is 17.8 Å². The molecular formula is C25H30FN3O5. The van der Waals surface area contributed by atoms with Crippen molar-refractivity contribution < 1.29 is 28.6 Å². The van der Waals surface area contributed by atoms with Crippen LogP contribution in [0.1, 0.15) is 24.8 Å². The highest BCUT2D eigenvalue weighted by Crippen LogP contribution is 2.28. The van der Waals surface area contributed by atoms with E-state index in [0.717, 1.165) is 0 Å². The lowest BCUT2D eigenvalue weighted by molar-refractivity contribution is -0.149. The van der Waals surface area contributed by atoms with Gasteiger partial charge in [0.15, 0.2) is 0 Å². The second-order valence-electron chi connectivity index (χ2n) is 8.65. The molecule has 2 heterocycles. The molecule has 0 radical (unpaired) electrons. The van der Waals surface area contributed by atoms with Gasteiger partial charge in [0.25, 0.3) is 0 Å². The van der Waals surface area contributed by atoms with Crippen molar-refractivity contribution in [3.63, 3.8) is 0 Å². The molecule has 4 atom stereocenters. The van der Waals surface area contributed by atoms with Crippen LogP contribution >= 0.6 is 0 Å². The summed E-state index contributed by atoms with van der Waals surface area (Å²) in [5.74, 6) is -0.588. The van der Waals surface area contributed by atoms with Crippen LogP contribution in [0.15, 0.2) is 54.6 Å². The minimum absolute atomic E-state index is 0.0927. The Morgan fingerprint density at radius 1 is 1.06 bits per heavy atom. The molecule has 8 nitrogen and oxygen atoms in total. The Kier molecular flexibility index (Phi) is 8.10. The molecule has 2 aromatic rings. The molecule has 182 valence electrons. The number of nitrogens with one attached hydrogen (secondary N) is 2. The number of rotatable bonds is 5. The number of ether oxygens (including phenoxy) is 2. The summed E-state index contributed by atoms with van der Waals surface area (Å²) < 4.78 is 25.6. The van der Waals surface area contributed by atoms with E-state index in [1.54, 1.807) is 35.2 Å². The van der Waals surface area contributed by atoms with Crippen molar-refractivity contribution in [2.24, 2.45) is 0 Å². The first kappa shape index (κ1) is 24.1. The van der Waals surface area contributed by atoms with Gasteiger partial charge in [-0.05, 0) is 31.0 Å². The zero-order valence-electron chi connectivity index (χ0n) is 18.9. The number of amides is 3. The van der Waals surface area contributed by atoms with Crippen LogP contribution in [0.3, 0.4) is 0 Å². The molecule has 4 rings (SSSR count). The average molecular weight is 472 g/mol. The summed E-state index contributed by atoms with van der Waals surface area (Å²) in [5, 5.41) is 15.9. The van der Waals surface area contributed by atoms with Gasteiger partial charge in [-0.3, -0.25) is 4.79 Å². The van der Waals surface area contributed by atoms with Crippen LogP contribution in [0.5, 0.6) is 0 Å². The van der Waals surface area contributed by atoms with Gasteiger partial charge in [0.05, 0.1) is 44.4 Å². The molecule has 2 aromatic carbocycles. The lowest BCUT2D eigenvalue weighted by Crippen LogP contribution is -2.58. The van der Waals surface area contributed by atoms with Gasteiger partial charge in [0.2, 0.25) is 5.91 Å². The Bertz CT molecular complexity index is 976. The number of anilines is 1. The molecule has 2 saturated heterocycles. The molecule has 0 aliphatic carbocycles. The predicted octanol–water partition coefficient (Wildman–Crippen LogP) is 2.67. The van der Waals surface area contributed by atoms with E-state index in [-0.39, 0.29) is 62.6 Å². The first-order valence-corrected chi connectivity index (χ1v) is 11.5. The number of carbonyl (C=O) groups excluding carboxylic acids is 2. The predicted molar refractivity (Wildman–Crippen MR) is 124 cm³/mol. The van der Waals surface area contributed by atoms with Gasteiger partial charge < -0.3 is 30.1 Å². The second kappa shape index (κ2) is 11.4. The van der Waals surface area contributed by atoms with Crippen LogP contribution in [0.2, 0.25) is 0 Å². The molecular weight excluding hydrogens is 441 g/mol. The molecule has 34 heavy (non-hydrogen) atoms. The van der Waals surface area contributed by atoms with Crippen molar-refractivity contribution >= 4 is 17.6 Å². The zero-order chi connectivity index (χ0) is 23.9. The summed E-state index contributed by atoms with van der Waals surface area (Å²) in [5.41, 5.74) is 1.09. The standard InChI is InChI=1S/C25H30FN3O5/c26-21-9-5-4-6-17(21)13-27-24(31)12-20-10-11-22-23(34-20)16-33-15-19(30)14-29(22)25(32)28-18-7-2-1-3-8-18/h1-9,19-20,22-23,30H,10-16H2,(H,27,31)(H,28,32)/t19-,20-,22-,23+/m1/s1. The van der Waals surface area contributed by atoms with E-state index >= 15 is 0 Å². The van der Waals surface area contributed by atoms with E-state index in [1.807, 2.05) is 18.2 Å². The molecule has 2 aliphatic heterocycles. The van der Waals surface area contributed by atoms with Crippen LogP contribution in [0, 0.1) is 5.82 Å². The number of hydrogen-bond donors (Lipinski definition) is 3. The Labute approximate surface area is 198 Å². The van der Waals surface area contributed by atoms with Crippen molar-refractivity contribution in [2.45, 2.75) is 50.2 Å². The van der Waals surface area contributed by atoms with Gasteiger partial charge in [0.1, 0.15) is 11.9 Å². The number of urea groups is 1. The Morgan fingerprint density at radius 3 is 2.62 bits per heavy atom. The van der Waals surface area contributed by atoms with Crippen LogP contribution in [-0.2, 0) is 20.8 Å². The quantitative estimate of drug-likeness (QED) is 0.623. The molecule has 0 aromatic heterocycles. The topological polar surface area (TPSA) is 100 Å². The van der Waals surface area contributed by atoms with Crippen molar-refractivity contribution in [1.29, 1.82) is 0 Å². The number of nitrogens with zero attached hydrogens (tertiary/aromatic N) is 1. The molecule has 9 heteroatoms. The molecule has 0 saturated carbocycles. The number of aliphatic hydroxyl groups excluding tert-OH is 1. The number of β-amino-alcohol motifs (C(OH)–C–C–N with tert-alkyl or cyclic N) is 1. The number of para-hydroxylation sites is 1. The first-order chi connectivity index (χ1) is 16.5. The number of halogens is 1. The lowest BCUT2D eigenvalue weighted by atomic mass is 9.95. The largest absolute Gasteiger partial charge is 0.389 e. The summed E-state index contributed by atoms with van der Waals surface area (Å²) >= 11 is 0. The van der Waals surface area contributed by atoms with Gasteiger partial charge in [-0.2, -0.15) is 0 Å². The van der Waals surface area contributed by atoms with Crippen LogP contribution < -0.4 is 10.6 Å². The lowest BCUT2D eigenvalue weighted by Gasteiger charge is -2.44. The van der Waals surface area contributed by atoms with Gasteiger partial charge in [-0.25, -0.2) is 9.18 Å². The monoisotopic (exact) mass is 471 g/mol. The highest BCUT2D eigenvalue weighted by molar-refractivity contribution is 5.89. The molecule has 2 fully saturated rings. The molecule has 3 N–H and O–H groups in total. The zero-order valence-corrected chi connectivity index (χ0v) is 18.9. The highest BCUT2D eigenvalue weighted by Gasteiger charge is 2.40. The van der Waals surface area contributed by atoms with Crippen LogP contribution in [0.4, 0.5) is 14.9 Å². The van der Waals surface area contributed by atoms with E-state index < -0.39 is 12.2 Å². The maximum Gasteiger partial charge on any atom is 0.322 e. The third-order valence-electron chi connectivity index (χ3n) is 6.11. The Hall–Kier alpha value is -3.01. The fraction of sp³-hybridized carbons (Fsp3) is 0.440. The van der Waals surface area contributed by atoms with E-state index in [2.05, 4.69) is 10.6 Å². The Balaban J connectivity index is 1.35. The maximum absolute atomic E-state index is 13.8. The molecule has 3 amide bonds. The first-order valence-electron chi connectivity index (χ1n) is 11.5. The fourth-order valence-corrected chi connectivity index (χ4v) is 4.41. The number of carbonyl (C=O) groups is 2. The van der Waals surface area contributed by atoms with Crippen molar-refractivity contribution in [2.75, 3.05) is 25.1 Å². The number of hydrogen-bond acceptors (Lipinski definition) is 5. The molecule has 0 unspecified atom stereocenters. The van der Waals surface area contributed by atoms with Gasteiger partial charge in [-0.1, -0.05) is 36.4 Å². The van der Waals surface area contributed by atoms with Crippen molar-refractivity contribution in [3.8, 4) is 0 Å². The van der Waals surface area contributed by atoms with Gasteiger partial charge in [-0.15, -0.1) is 0 Å². The fourth-order valence-electron chi connectivity index (χ4n) is 4.41. The maximum atomic E-state index is 13.8. The second-order valence-corrected chi connectivity index (χ2v) is 8.65. The third-order valence-corrected chi connectivity index (χ3v) is 6.11. The van der Waals surface area contributed by atoms with Crippen molar-refractivity contribution in [3.05, 3.63) is 66.0 Å². The third kappa shape index (κ3) is 6.31. The summed E-state index contributed by atoms with van der Waals surface area (Å²) in [4.78, 5) is 27.1. The highest BCUT2D eigenvalue weighted by atomic mass is 19.1. The van der Waals surface area contributed by atoms with Crippen molar-refractivity contribution in [1.82, 2.24) is 10.2 Å². The van der Waals surface area contributed by atoms with Gasteiger partial charge >= 0.3 is 6.03 Å². The molecule has 2 aliphatic rings. The molecule has 0 bridgehead atoms. The summed E-state index contributed by atoms with van der Waals surface area (Å²) in [6, 6.07) is 14.8. The molecule has 0 spiro atoms.